The maximum Gasteiger partial charge on any atom is 0.293 e. The maximum absolute atomic E-state index is 11.7. The molecule has 0 aromatic carbocycles. The van der Waals surface area contributed by atoms with Gasteiger partial charge in [-0.2, -0.15) is 0 Å². The van der Waals surface area contributed by atoms with Crippen LogP contribution in [0.2, 0.25) is 0 Å². The predicted molar refractivity (Wildman–Crippen MR) is 31.8 cm³/mol. The summed E-state index contributed by atoms with van der Waals surface area (Å²) < 4.78 is 16.0. The van der Waals surface area contributed by atoms with Gasteiger partial charge in [0.15, 0.2) is 0 Å². The van der Waals surface area contributed by atoms with Gasteiger partial charge in [0.1, 0.15) is 0 Å². The molecule has 0 aromatic heterocycles. The molecule has 0 radical (unpaired) electrons. The molecule has 0 aliphatic carbocycles. The Morgan fingerprint density at radius 2 is 2.44 bits per heavy atom. The molecule has 0 amide bonds. The lowest BCUT2D eigenvalue weighted by atomic mass is 10.1. The van der Waals surface area contributed by atoms with E-state index in [1.807, 2.05) is 0 Å². The molecule has 1 atom stereocenters. The average Bonchev–Trinajstić information content (AvgIpc) is 1.89. The van der Waals surface area contributed by atoms with Gasteiger partial charge in [-0.3, -0.25) is 9.18 Å². The molecular formula is C6H11FO2. The van der Waals surface area contributed by atoms with E-state index in [-0.39, 0.29) is 12.6 Å². The van der Waals surface area contributed by atoms with Crippen molar-refractivity contribution in [2.24, 2.45) is 5.92 Å². The quantitative estimate of drug-likeness (QED) is 0.416. The van der Waals surface area contributed by atoms with E-state index in [1.165, 1.54) is 0 Å². The monoisotopic (exact) mass is 134 g/mol. The van der Waals surface area contributed by atoms with Crippen molar-refractivity contribution in [1.29, 1.82) is 0 Å². The van der Waals surface area contributed by atoms with Gasteiger partial charge in [0.2, 0.25) is 0 Å². The van der Waals surface area contributed by atoms with Crippen LogP contribution in [-0.2, 0) is 9.53 Å². The van der Waals surface area contributed by atoms with Crippen LogP contribution >= 0.6 is 0 Å². The van der Waals surface area contributed by atoms with Gasteiger partial charge >= 0.3 is 0 Å². The van der Waals surface area contributed by atoms with Crippen LogP contribution in [0.4, 0.5) is 4.39 Å². The number of hydrogen-bond donors (Lipinski definition) is 0. The number of carbonyl (C=O) groups is 1. The van der Waals surface area contributed by atoms with Crippen molar-refractivity contribution < 1.29 is 13.9 Å². The van der Waals surface area contributed by atoms with Gasteiger partial charge in [-0.05, 0) is 12.3 Å². The summed E-state index contributed by atoms with van der Waals surface area (Å²) in [5.41, 5.74) is 0. The summed E-state index contributed by atoms with van der Waals surface area (Å²) in [5, 5.41) is 0. The Morgan fingerprint density at radius 1 is 1.78 bits per heavy atom. The first-order valence-electron chi connectivity index (χ1n) is 2.92. The minimum Gasteiger partial charge on any atom is -0.468 e. The van der Waals surface area contributed by atoms with Crippen molar-refractivity contribution in [3.05, 3.63) is 0 Å². The fourth-order valence-electron chi connectivity index (χ4n) is 0.394. The van der Waals surface area contributed by atoms with Crippen LogP contribution < -0.4 is 0 Å². The third-order valence-corrected chi connectivity index (χ3v) is 1.06. The molecule has 0 N–H and O–H groups in total. The number of halogens is 1. The third-order valence-electron chi connectivity index (χ3n) is 1.06. The van der Waals surface area contributed by atoms with E-state index in [2.05, 4.69) is 4.74 Å². The Balaban J connectivity index is 2.96. The molecule has 0 rings (SSSR count). The predicted octanol–water partition coefficient (Wildman–Crippen LogP) is 1.16. The molecule has 0 spiro atoms. The molecule has 0 saturated carbocycles. The highest BCUT2D eigenvalue weighted by atomic mass is 19.1. The van der Waals surface area contributed by atoms with Crippen molar-refractivity contribution in [2.45, 2.75) is 13.3 Å². The van der Waals surface area contributed by atoms with Crippen LogP contribution in [0, 0.1) is 5.92 Å². The molecule has 0 bridgehead atoms. The number of carbonyl (C=O) groups excluding carboxylic acids is 1. The van der Waals surface area contributed by atoms with E-state index >= 15 is 0 Å². The minimum atomic E-state index is -0.345. The van der Waals surface area contributed by atoms with Gasteiger partial charge in [-0.25, -0.2) is 0 Å². The Kier molecular flexibility index (Phi) is 5.17. The molecule has 1 unspecified atom stereocenters. The Labute approximate surface area is 54.0 Å². The van der Waals surface area contributed by atoms with Crippen LogP contribution in [0.15, 0.2) is 0 Å². The Morgan fingerprint density at radius 3 is 2.89 bits per heavy atom. The normalized spacial score (nSPS) is 12.7. The van der Waals surface area contributed by atoms with Crippen LogP contribution in [0.5, 0.6) is 0 Å². The smallest absolute Gasteiger partial charge is 0.293 e. The first kappa shape index (κ1) is 8.40. The van der Waals surface area contributed by atoms with Gasteiger partial charge < -0.3 is 4.74 Å². The summed E-state index contributed by atoms with van der Waals surface area (Å²) in [7, 11) is 0. The number of ether oxygens (including phenoxy) is 1. The van der Waals surface area contributed by atoms with Crippen molar-refractivity contribution in [2.75, 3.05) is 13.3 Å². The van der Waals surface area contributed by atoms with E-state index in [9.17, 15) is 9.18 Å². The average molecular weight is 134 g/mol. The van der Waals surface area contributed by atoms with E-state index in [4.69, 9.17) is 0 Å². The van der Waals surface area contributed by atoms with Crippen LogP contribution in [0.25, 0.3) is 0 Å². The molecule has 0 saturated heterocycles. The SMILES string of the molecule is CC(CF)CCOC=O. The Hall–Kier alpha value is -0.600. The first-order chi connectivity index (χ1) is 4.31. The van der Waals surface area contributed by atoms with Gasteiger partial charge in [0.05, 0.1) is 13.3 Å². The second kappa shape index (κ2) is 5.54. The second-order valence-electron chi connectivity index (χ2n) is 2.02. The summed E-state index contributed by atoms with van der Waals surface area (Å²) in [4.78, 5) is 9.56. The van der Waals surface area contributed by atoms with Crippen molar-refractivity contribution in [3.8, 4) is 0 Å². The lowest BCUT2D eigenvalue weighted by molar-refractivity contribution is -0.129. The fraction of sp³-hybridized carbons (Fsp3) is 0.833. The van der Waals surface area contributed by atoms with Crippen molar-refractivity contribution in [3.63, 3.8) is 0 Å². The molecule has 3 heteroatoms. The first-order valence-corrected chi connectivity index (χ1v) is 2.92. The molecule has 2 nitrogen and oxygen atoms in total. The molecule has 0 heterocycles. The summed E-state index contributed by atoms with van der Waals surface area (Å²) in [6.45, 7) is 2.13. The lowest BCUT2D eigenvalue weighted by Crippen LogP contribution is -2.02. The third kappa shape index (κ3) is 5.27. The van der Waals surface area contributed by atoms with Gasteiger partial charge in [0, 0.05) is 0 Å². The second-order valence-corrected chi connectivity index (χ2v) is 2.02. The molecule has 54 valence electrons. The zero-order valence-corrected chi connectivity index (χ0v) is 5.47. The molecule has 0 aliphatic rings. The van der Waals surface area contributed by atoms with Gasteiger partial charge in [-0.15, -0.1) is 0 Å². The standard InChI is InChI=1S/C6H11FO2/c1-6(4-7)2-3-9-5-8/h5-6H,2-4H2,1H3. The summed E-state index contributed by atoms with van der Waals surface area (Å²) in [6.07, 6.45) is 0.606. The molecule has 9 heavy (non-hydrogen) atoms. The Bertz CT molecular complexity index is 75.5. The number of hydrogen-bond acceptors (Lipinski definition) is 2. The van der Waals surface area contributed by atoms with Gasteiger partial charge in [0.25, 0.3) is 6.47 Å². The molecule has 0 aliphatic heterocycles. The van der Waals surface area contributed by atoms with E-state index in [1.54, 1.807) is 6.92 Å². The molecule has 0 aromatic rings. The van der Waals surface area contributed by atoms with Crippen molar-refractivity contribution in [1.82, 2.24) is 0 Å². The van der Waals surface area contributed by atoms with Crippen molar-refractivity contribution >= 4 is 6.47 Å². The number of alkyl halides is 1. The summed E-state index contributed by atoms with van der Waals surface area (Å²) in [6, 6.07) is 0. The van der Waals surface area contributed by atoms with E-state index in [0.29, 0.717) is 19.5 Å². The highest BCUT2D eigenvalue weighted by molar-refractivity contribution is 5.36. The van der Waals surface area contributed by atoms with Crippen LogP contribution in [0.1, 0.15) is 13.3 Å². The highest BCUT2D eigenvalue weighted by Crippen LogP contribution is 2.00. The largest absolute Gasteiger partial charge is 0.468 e. The summed E-state index contributed by atoms with van der Waals surface area (Å²) >= 11 is 0. The molecule has 0 fully saturated rings. The van der Waals surface area contributed by atoms with E-state index in [0.717, 1.165) is 0 Å². The minimum absolute atomic E-state index is 0.00458. The lowest BCUT2D eigenvalue weighted by Gasteiger charge is -2.02. The molecular weight excluding hydrogens is 123 g/mol. The zero-order valence-electron chi connectivity index (χ0n) is 5.47. The zero-order chi connectivity index (χ0) is 7.11. The van der Waals surface area contributed by atoms with E-state index < -0.39 is 0 Å². The van der Waals surface area contributed by atoms with Crippen LogP contribution in [-0.4, -0.2) is 19.8 Å². The highest BCUT2D eigenvalue weighted by Gasteiger charge is 1.98. The maximum atomic E-state index is 11.7. The topological polar surface area (TPSA) is 26.3 Å². The number of rotatable bonds is 5. The van der Waals surface area contributed by atoms with Gasteiger partial charge in [-0.1, -0.05) is 6.92 Å². The fourth-order valence-corrected chi connectivity index (χ4v) is 0.394. The summed E-state index contributed by atoms with van der Waals surface area (Å²) in [5.74, 6) is 0.00458. The van der Waals surface area contributed by atoms with Crippen LogP contribution in [0.3, 0.4) is 0 Å².